The second-order valence-corrected chi connectivity index (χ2v) is 8.81. The SMILES string of the molecule is CC(C)(C)OC(=O)N[C@@H](CCc1ccc(C#CCCNC(=O)OCc2ccccc2)cc1)C(=O)O. The van der Waals surface area contributed by atoms with Gasteiger partial charge >= 0.3 is 18.2 Å². The molecule has 1 atom stereocenters. The molecule has 0 unspecified atom stereocenters. The van der Waals surface area contributed by atoms with Gasteiger partial charge in [-0.05, 0) is 56.9 Å². The number of aliphatic carboxylic acids is 1. The highest BCUT2D eigenvalue weighted by Crippen LogP contribution is 2.10. The third-order valence-corrected chi connectivity index (χ3v) is 4.63. The maximum absolute atomic E-state index is 11.9. The van der Waals surface area contributed by atoms with Crippen LogP contribution in [0.3, 0.4) is 0 Å². The normalized spacial score (nSPS) is 11.4. The predicted octanol–water partition coefficient (Wildman–Crippen LogP) is 4.27. The fourth-order valence-corrected chi connectivity index (χ4v) is 2.94. The second-order valence-electron chi connectivity index (χ2n) is 8.81. The van der Waals surface area contributed by atoms with Crippen molar-refractivity contribution in [3.63, 3.8) is 0 Å². The first-order valence-corrected chi connectivity index (χ1v) is 11.4. The van der Waals surface area contributed by atoms with Gasteiger partial charge in [0.15, 0.2) is 0 Å². The molecule has 0 radical (unpaired) electrons. The molecule has 0 heterocycles. The van der Waals surface area contributed by atoms with E-state index in [2.05, 4.69) is 22.5 Å². The van der Waals surface area contributed by atoms with Crippen LogP contribution in [0.1, 0.15) is 50.3 Å². The van der Waals surface area contributed by atoms with Crippen LogP contribution in [0.15, 0.2) is 54.6 Å². The van der Waals surface area contributed by atoms with Crippen molar-refractivity contribution < 1.29 is 29.0 Å². The summed E-state index contributed by atoms with van der Waals surface area (Å²) in [6.07, 6.45) is -0.0739. The Morgan fingerprint density at radius 2 is 1.66 bits per heavy atom. The first-order valence-electron chi connectivity index (χ1n) is 11.4. The van der Waals surface area contributed by atoms with Gasteiger partial charge in [0.05, 0.1) is 0 Å². The Hall–Kier alpha value is -3.99. The van der Waals surface area contributed by atoms with Crippen LogP contribution in [-0.2, 0) is 27.3 Å². The molecule has 0 aliphatic rings. The molecule has 8 nitrogen and oxygen atoms in total. The van der Waals surface area contributed by atoms with Crippen LogP contribution in [0.2, 0.25) is 0 Å². The van der Waals surface area contributed by atoms with Crippen molar-refractivity contribution in [3.05, 3.63) is 71.3 Å². The highest BCUT2D eigenvalue weighted by atomic mass is 16.6. The second kappa shape index (κ2) is 13.7. The lowest BCUT2D eigenvalue weighted by molar-refractivity contribution is -0.139. The molecule has 0 bridgehead atoms. The highest BCUT2D eigenvalue weighted by molar-refractivity contribution is 5.80. The van der Waals surface area contributed by atoms with E-state index < -0.39 is 29.8 Å². The molecule has 0 aliphatic carbocycles. The van der Waals surface area contributed by atoms with Gasteiger partial charge in [-0.1, -0.05) is 54.3 Å². The Kier molecular flexibility index (Phi) is 10.6. The number of benzene rings is 2. The molecule has 8 heteroatoms. The minimum absolute atomic E-state index is 0.217. The molecule has 0 saturated heterocycles. The van der Waals surface area contributed by atoms with Gasteiger partial charge in [0.25, 0.3) is 0 Å². The molecular weight excluding hydrogens is 448 g/mol. The van der Waals surface area contributed by atoms with Crippen molar-refractivity contribution in [3.8, 4) is 11.8 Å². The van der Waals surface area contributed by atoms with Gasteiger partial charge in [-0.3, -0.25) is 0 Å². The molecule has 2 rings (SSSR count). The number of carboxylic acid groups (broad SMARTS) is 1. The number of hydrogen-bond donors (Lipinski definition) is 3. The van der Waals surface area contributed by atoms with Crippen LogP contribution in [0, 0.1) is 11.8 Å². The summed E-state index contributed by atoms with van der Waals surface area (Å²) >= 11 is 0. The van der Waals surface area contributed by atoms with Crippen molar-refractivity contribution in [1.82, 2.24) is 10.6 Å². The Morgan fingerprint density at radius 3 is 2.29 bits per heavy atom. The zero-order chi connectivity index (χ0) is 25.7. The molecule has 0 fully saturated rings. The van der Waals surface area contributed by atoms with E-state index in [-0.39, 0.29) is 13.0 Å². The summed E-state index contributed by atoms with van der Waals surface area (Å²) in [5.74, 6) is 4.91. The first-order chi connectivity index (χ1) is 16.6. The van der Waals surface area contributed by atoms with Gasteiger partial charge in [-0.25, -0.2) is 14.4 Å². The quantitative estimate of drug-likeness (QED) is 0.365. The average molecular weight is 481 g/mol. The zero-order valence-electron chi connectivity index (χ0n) is 20.3. The lowest BCUT2D eigenvalue weighted by atomic mass is 10.0. The topological polar surface area (TPSA) is 114 Å². The van der Waals surface area contributed by atoms with Crippen molar-refractivity contribution >= 4 is 18.2 Å². The number of nitrogens with one attached hydrogen (secondary N) is 2. The summed E-state index contributed by atoms with van der Waals surface area (Å²) in [6, 6.07) is 15.8. The van der Waals surface area contributed by atoms with E-state index >= 15 is 0 Å². The molecule has 2 amide bonds. The summed E-state index contributed by atoms with van der Waals surface area (Å²) in [5.41, 5.74) is 1.95. The number of carbonyl (C=O) groups excluding carboxylic acids is 2. The Bertz CT molecular complexity index is 1030. The monoisotopic (exact) mass is 480 g/mol. The third kappa shape index (κ3) is 11.6. The largest absolute Gasteiger partial charge is 0.480 e. The first kappa shape index (κ1) is 27.3. The van der Waals surface area contributed by atoms with Crippen LogP contribution >= 0.6 is 0 Å². The molecule has 2 aromatic rings. The molecule has 35 heavy (non-hydrogen) atoms. The molecule has 0 spiro atoms. The summed E-state index contributed by atoms with van der Waals surface area (Å²) < 4.78 is 10.3. The number of amides is 2. The smallest absolute Gasteiger partial charge is 0.408 e. The number of carboxylic acids is 1. The zero-order valence-corrected chi connectivity index (χ0v) is 20.3. The van der Waals surface area contributed by atoms with E-state index in [0.717, 1.165) is 16.7 Å². The number of alkyl carbamates (subject to hydrolysis) is 2. The van der Waals surface area contributed by atoms with Gasteiger partial charge < -0.3 is 25.2 Å². The van der Waals surface area contributed by atoms with E-state index in [1.165, 1.54) is 0 Å². The highest BCUT2D eigenvalue weighted by Gasteiger charge is 2.23. The maximum atomic E-state index is 11.9. The van der Waals surface area contributed by atoms with Crippen LogP contribution < -0.4 is 10.6 Å². The average Bonchev–Trinajstić information content (AvgIpc) is 2.80. The van der Waals surface area contributed by atoms with Gasteiger partial charge in [0.2, 0.25) is 0 Å². The van der Waals surface area contributed by atoms with E-state index in [1.54, 1.807) is 20.8 Å². The molecule has 2 aromatic carbocycles. The molecule has 0 saturated carbocycles. The van der Waals surface area contributed by atoms with E-state index in [4.69, 9.17) is 9.47 Å². The summed E-state index contributed by atoms with van der Waals surface area (Å²) in [4.78, 5) is 35.0. The van der Waals surface area contributed by atoms with Crippen LogP contribution in [0.5, 0.6) is 0 Å². The van der Waals surface area contributed by atoms with Crippen molar-refractivity contribution in [2.75, 3.05) is 6.54 Å². The predicted molar refractivity (Wildman–Crippen MR) is 132 cm³/mol. The van der Waals surface area contributed by atoms with Gasteiger partial charge in [0.1, 0.15) is 18.2 Å². The summed E-state index contributed by atoms with van der Waals surface area (Å²) in [5, 5.41) is 14.4. The fraction of sp³-hybridized carbons (Fsp3) is 0.370. The number of hydrogen-bond acceptors (Lipinski definition) is 5. The van der Waals surface area contributed by atoms with Crippen molar-refractivity contribution in [2.24, 2.45) is 0 Å². The molecule has 0 aliphatic heterocycles. The summed E-state index contributed by atoms with van der Waals surface area (Å²) in [6.45, 7) is 5.73. The minimum Gasteiger partial charge on any atom is -0.480 e. The molecule has 3 N–H and O–H groups in total. The molecule has 186 valence electrons. The van der Waals surface area contributed by atoms with E-state index in [9.17, 15) is 19.5 Å². The van der Waals surface area contributed by atoms with E-state index in [0.29, 0.717) is 19.4 Å². The van der Waals surface area contributed by atoms with Crippen molar-refractivity contribution in [1.29, 1.82) is 0 Å². The lowest BCUT2D eigenvalue weighted by Gasteiger charge is -2.22. The summed E-state index contributed by atoms with van der Waals surface area (Å²) in [7, 11) is 0. The Morgan fingerprint density at radius 1 is 0.971 bits per heavy atom. The number of aryl methyl sites for hydroxylation is 1. The molecular formula is C27H32N2O6. The third-order valence-electron chi connectivity index (χ3n) is 4.63. The number of ether oxygens (including phenoxy) is 2. The standard InChI is InChI=1S/C27H32N2O6/c1-27(2,3)35-26(33)29-23(24(30)31)17-16-21-14-12-20(13-15-21)9-7-8-18-28-25(32)34-19-22-10-5-4-6-11-22/h4-6,10-15,23H,8,16-19H2,1-3H3,(H,28,32)(H,29,33)(H,30,31)/t23-/m0/s1. The lowest BCUT2D eigenvalue weighted by Crippen LogP contribution is -2.43. The Labute approximate surface area is 206 Å². The Balaban J connectivity index is 1.71. The number of rotatable bonds is 9. The van der Waals surface area contributed by atoms with E-state index in [1.807, 2.05) is 54.6 Å². The van der Waals surface area contributed by atoms with Gasteiger partial charge in [-0.15, -0.1) is 0 Å². The van der Waals surface area contributed by atoms with Crippen LogP contribution in [0.25, 0.3) is 0 Å². The number of carbonyl (C=O) groups is 3. The van der Waals surface area contributed by atoms with Crippen LogP contribution in [0.4, 0.5) is 9.59 Å². The van der Waals surface area contributed by atoms with Gasteiger partial charge in [-0.2, -0.15) is 0 Å². The van der Waals surface area contributed by atoms with Gasteiger partial charge in [0, 0.05) is 18.5 Å². The van der Waals surface area contributed by atoms with Crippen molar-refractivity contribution in [2.45, 2.75) is 58.3 Å². The maximum Gasteiger partial charge on any atom is 0.408 e. The van der Waals surface area contributed by atoms with Crippen LogP contribution in [-0.4, -0.2) is 41.4 Å². The minimum atomic E-state index is -1.11. The molecule has 0 aromatic heterocycles. The fourth-order valence-electron chi connectivity index (χ4n) is 2.94.